The first-order valence-corrected chi connectivity index (χ1v) is 5.63. The number of Topliss-reactive ketones (excluding diaryl/α,β-unsaturated/α-hetero) is 2. The molecule has 0 saturated heterocycles. The number of pyridine rings is 1. The normalized spacial score (nSPS) is 13.7. The molecule has 5 nitrogen and oxygen atoms in total. The van der Waals surface area contributed by atoms with E-state index >= 15 is 0 Å². The van der Waals surface area contributed by atoms with E-state index in [1.165, 1.54) is 18.5 Å². The van der Waals surface area contributed by atoms with Gasteiger partial charge < -0.3 is 4.42 Å². The van der Waals surface area contributed by atoms with Gasteiger partial charge in [0.05, 0.1) is 0 Å². The van der Waals surface area contributed by atoms with Crippen molar-refractivity contribution in [1.29, 1.82) is 0 Å². The van der Waals surface area contributed by atoms with Gasteiger partial charge in [-0.2, -0.15) is 0 Å². The number of rotatable bonds is 1. The minimum absolute atomic E-state index is 0.0543. The summed E-state index contributed by atoms with van der Waals surface area (Å²) in [5, 5.41) is 0. The molecule has 1 aliphatic rings. The van der Waals surface area contributed by atoms with E-state index in [9.17, 15) is 9.59 Å². The molecule has 90 valence electrons. The highest BCUT2D eigenvalue weighted by Crippen LogP contribution is 2.34. The highest BCUT2D eigenvalue weighted by Gasteiger charge is 2.35. The first-order valence-electron chi connectivity index (χ1n) is 5.63. The van der Waals surface area contributed by atoms with Crippen molar-refractivity contribution in [2.24, 2.45) is 0 Å². The van der Waals surface area contributed by atoms with E-state index in [0.717, 1.165) is 0 Å². The molecular weight excluding hydrogens is 232 g/mol. The Morgan fingerprint density at radius 3 is 2.67 bits per heavy atom. The fraction of sp³-hybridized carbons (Fsp3) is 0.231. The van der Waals surface area contributed by atoms with Crippen LogP contribution in [-0.4, -0.2) is 21.5 Å². The zero-order valence-electron chi connectivity index (χ0n) is 9.93. The summed E-state index contributed by atoms with van der Waals surface area (Å²) in [7, 11) is 0. The van der Waals surface area contributed by atoms with Gasteiger partial charge in [-0.1, -0.05) is 13.8 Å². The van der Waals surface area contributed by atoms with Gasteiger partial charge in [-0.25, -0.2) is 4.98 Å². The number of oxazole rings is 1. The van der Waals surface area contributed by atoms with Gasteiger partial charge in [-0.3, -0.25) is 14.6 Å². The third-order valence-electron chi connectivity index (χ3n) is 2.87. The summed E-state index contributed by atoms with van der Waals surface area (Å²) >= 11 is 0. The maximum atomic E-state index is 11.9. The summed E-state index contributed by atoms with van der Waals surface area (Å²) in [4.78, 5) is 31.9. The van der Waals surface area contributed by atoms with E-state index in [1.54, 1.807) is 0 Å². The van der Waals surface area contributed by atoms with E-state index in [-0.39, 0.29) is 11.6 Å². The van der Waals surface area contributed by atoms with Crippen LogP contribution in [-0.2, 0) is 0 Å². The van der Waals surface area contributed by atoms with Crippen molar-refractivity contribution >= 4 is 11.6 Å². The summed E-state index contributed by atoms with van der Waals surface area (Å²) in [6, 6.07) is 1.52. The lowest BCUT2D eigenvalue weighted by Crippen LogP contribution is -2.21. The molecule has 2 heterocycles. The Labute approximate surface area is 103 Å². The molecule has 0 unspecified atom stereocenters. The van der Waals surface area contributed by atoms with Crippen LogP contribution in [0.4, 0.5) is 0 Å². The van der Waals surface area contributed by atoms with Gasteiger partial charge in [0.15, 0.2) is 17.3 Å². The highest BCUT2D eigenvalue weighted by atomic mass is 16.4. The van der Waals surface area contributed by atoms with Gasteiger partial charge in [0.25, 0.3) is 5.78 Å². The lowest BCUT2D eigenvalue weighted by atomic mass is 9.93. The number of ketones is 2. The summed E-state index contributed by atoms with van der Waals surface area (Å²) in [6.07, 6.45) is 3.00. The molecule has 0 N–H and O–H groups in total. The number of carbonyl (C=O) groups is 2. The monoisotopic (exact) mass is 242 g/mol. The van der Waals surface area contributed by atoms with E-state index in [2.05, 4.69) is 9.97 Å². The zero-order chi connectivity index (χ0) is 12.9. The molecule has 0 saturated carbocycles. The van der Waals surface area contributed by atoms with Crippen LogP contribution in [0, 0.1) is 0 Å². The molecule has 0 radical (unpaired) electrons. The SMILES string of the molecule is CC(C)c1nc2c(o1)-c1cnccc1C(=O)C2=O. The minimum atomic E-state index is -0.612. The number of carbonyl (C=O) groups excluding carboxylic acids is 2. The fourth-order valence-corrected chi connectivity index (χ4v) is 1.92. The largest absolute Gasteiger partial charge is 0.440 e. The number of nitrogens with zero attached hydrogens (tertiary/aromatic N) is 2. The molecule has 0 fully saturated rings. The van der Waals surface area contributed by atoms with E-state index in [4.69, 9.17) is 4.42 Å². The van der Waals surface area contributed by atoms with Crippen LogP contribution >= 0.6 is 0 Å². The van der Waals surface area contributed by atoms with E-state index < -0.39 is 11.6 Å². The van der Waals surface area contributed by atoms with Crippen molar-refractivity contribution in [1.82, 2.24) is 9.97 Å². The Bertz CT molecular complexity index is 671. The average molecular weight is 242 g/mol. The van der Waals surface area contributed by atoms with Crippen LogP contribution in [0.15, 0.2) is 22.9 Å². The molecule has 2 aromatic rings. The van der Waals surface area contributed by atoms with Crippen LogP contribution in [0.1, 0.15) is 46.5 Å². The number of fused-ring (bicyclic) bond motifs is 3. The predicted octanol–water partition coefficient (Wildman–Crippen LogP) is 2.24. The highest BCUT2D eigenvalue weighted by molar-refractivity contribution is 6.52. The summed E-state index contributed by atoms with van der Waals surface area (Å²) in [5.74, 6) is -0.300. The number of hydrogen-bond acceptors (Lipinski definition) is 5. The Morgan fingerprint density at radius 1 is 1.17 bits per heavy atom. The van der Waals surface area contributed by atoms with Crippen molar-refractivity contribution < 1.29 is 14.0 Å². The quantitative estimate of drug-likeness (QED) is 0.717. The van der Waals surface area contributed by atoms with Crippen LogP contribution in [0.3, 0.4) is 0 Å². The van der Waals surface area contributed by atoms with Crippen LogP contribution < -0.4 is 0 Å². The third kappa shape index (κ3) is 1.33. The van der Waals surface area contributed by atoms with Gasteiger partial charge in [0.2, 0.25) is 5.78 Å². The minimum Gasteiger partial charge on any atom is -0.440 e. The van der Waals surface area contributed by atoms with Crippen LogP contribution in [0.2, 0.25) is 0 Å². The molecule has 18 heavy (non-hydrogen) atoms. The molecule has 3 rings (SSSR count). The molecule has 0 spiro atoms. The van der Waals surface area contributed by atoms with Gasteiger partial charge in [-0.15, -0.1) is 0 Å². The molecule has 0 amide bonds. The van der Waals surface area contributed by atoms with Gasteiger partial charge in [-0.05, 0) is 6.07 Å². The van der Waals surface area contributed by atoms with Crippen molar-refractivity contribution in [3.63, 3.8) is 0 Å². The van der Waals surface area contributed by atoms with Crippen molar-refractivity contribution in [3.8, 4) is 11.3 Å². The Morgan fingerprint density at radius 2 is 1.94 bits per heavy atom. The summed E-state index contributed by atoms with van der Waals surface area (Å²) in [6.45, 7) is 3.82. The molecule has 0 aliphatic heterocycles. The third-order valence-corrected chi connectivity index (χ3v) is 2.87. The fourth-order valence-electron chi connectivity index (χ4n) is 1.92. The topological polar surface area (TPSA) is 73.1 Å². The van der Waals surface area contributed by atoms with Gasteiger partial charge >= 0.3 is 0 Å². The number of hydrogen-bond donors (Lipinski definition) is 0. The first kappa shape index (κ1) is 10.8. The molecule has 2 aromatic heterocycles. The molecule has 0 aromatic carbocycles. The standard InChI is InChI=1S/C13H10N2O3/c1-6(2)13-15-9-11(17)10(16)7-3-4-14-5-8(7)12(9)18-13/h3-6H,1-2H3. The second kappa shape index (κ2) is 3.60. The Balaban J connectivity index is 2.31. The van der Waals surface area contributed by atoms with E-state index in [0.29, 0.717) is 22.8 Å². The van der Waals surface area contributed by atoms with Crippen molar-refractivity contribution in [2.45, 2.75) is 19.8 Å². The molecular formula is C13H10N2O3. The van der Waals surface area contributed by atoms with E-state index in [1.807, 2.05) is 13.8 Å². The van der Waals surface area contributed by atoms with Crippen LogP contribution in [0.5, 0.6) is 0 Å². The zero-order valence-corrected chi connectivity index (χ0v) is 9.93. The van der Waals surface area contributed by atoms with Crippen molar-refractivity contribution in [3.05, 3.63) is 35.6 Å². The van der Waals surface area contributed by atoms with Crippen LogP contribution in [0.25, 0.3) is 11.3 Å². The lowest BCUT2D eigenvalue weighted by Gasteiger charge is -2.10. The summed E-state index contributed by atoms with van der Waals surface area (Å²) < 4.78 is 5.59. The second-order valence-electron chi connectivity index (χ2n) is 4.46. The molecule has 5 heteroatoms. The maximum absolute atomic E-state index is 11.9. The molecule has 0 bridgehead atoms. The lowest BCUT2D eigenvalue weighted by molar-refractivity contribution is 0.0812. The smallest absolute Gasteiger partial charge is 0.255 e. The Hall–Kier alpha value is -2.30. The summed E-state index contributed by atoms with van der Waals surface area (Å²) in [5.41, 5.74) is 0.967. The predicted molar refractivity (Wildman–Crippen MR) is 62.5 cm³/mol. The van der Waals surface area contributed by atoms with Gasteiger partial charge in [0.1, 0.15) is 0 Å². The second-order valence-corrected chi connectivity index (χ2v) is 4.46. The first-order chi connectivity index (χ1) is 8.59. The van der Waals surface area contributed by atoms with Crippen molar-refractivity contribution in [2.75, 3.05) is 0 Å². The molecule has 1 aliphatic carbocycles. The Kier molecular flexibility index (Phi) is 2.16. The maximum Gasteiger partial charge on any atom is 0.255 e. The number of aromatic nitrogens is 2. The average Bonchev–Trinajstić information content (AvgIpc) is 2.81. The molecule has 0 atom stereocenters. The van der Waals surface area contributed by atoms with Gasteiger partial charge in [0, 0.05) is 29.4 Å².